The summed E-state index contributed by atoms with van der Waals surface area (Å²) in [6.45, 7) is 0.417. The summed E-state index contributed by atoms with van der Waals surface area (Å²) in [5.41, 5.74) is 0.0438. The number of halogens is 1. The second-order valence-electron chi connectivity index (χ2n) is 3.48. The molecule has 2 aromatic rings. The Morgan fingerprint density at radius 1 is 1.44 bits per heavy atom. The fourth-order valence-electron chi connectivity index (χ4n) is 1.40. The number of hydrogen-bond acceptors (Lipinski definition) is 6. The number of nitro benzene ring substituents is 1. The molecule has 1 heterocycles. The molecule has 0 aliphatic carbocycles. The van der Waals surface area contributed by atoms with Crippen LogP contribution in [-0.2, 0) is 6.42 Å². The van der Waals surface area contributed by atoms with Crippen LogP contribution in [0.25, 0.3) is 0 Å². The Morgan fingerprint density at radius 3 is 2.94 bits per heavy atom. The molecule has 1 aromatic heterocycles. The van der Waals surface area contributed by atoms with Crippen LogP contribution < -0.4 is 5.32 Å². The van der Waals surface area contributed by atoms with Crippen molar-refractivity contribution in [2.24, 2.45) is 0 Å². The average Bonchev–Trinajstić information content (AvgIpc) is 2.81. The number of nitro groups is 1. The highest BCUT2D eigenvalue weighted by Gasteiger charge is 2.09. The van der Waals surface area contributed by atoms with E-state index in [1.54, 1.807) is 0 Å². The van der Waals surface area contributed by atoms with Crippen LogP contribution in [0, 0.1) is 15.9 Å². The molecule has 0 bridgehead atoms. The van der Waals surface area contributed by atoms with Crippen molar-refractivity contribution in [3.63, 3.8) is 0 Å². The minimum Gasteiger partial charge on any atom is -0.384 e. The molecule has 0 fully saturated rings. The van der Waals surface area contributed by atoms with Gasteiger partial charge in [0.1, 0.15) is 5.82 Å². The lowest BCUT2D eigenvalue weighted by Gasteiger charge is -2.04. The lowest BCUT2D eigenvalue weighted by Crippen LogP contribution is -2.06. The summed E-state index contributed by atoms with van der Waals surface area (Å²) in [5.74, 6) is -0.153. The van der Waals surface area contributed by atoms with E-state index in [9.17, 15) is 14.5 Å². The number of aromatic nitrogens is 2. The number of nitrogens with one attached hydrogen (secondary N) is 1. The largest absolute Gasteiger partial charge is 0.384 e. The number of non-ortho nitro benzene ring substituents is 1. The van der Waals surface area contributed by atoms with E-state index < -0.39 is 10.7 Å². The van der Waals surface area contributed by atoms with Crippen molar-refractivity contribution in [3.8, 4) is 0 Å². The van der Waals surface area contributed by atoms with Crippen molar-refractivity contribution in [1.82, 2.24) is 10.1 Å². The number of anilines is 1. The van der Waals surface area contributed by atoms with Crippen LogP contribution in [0.3, 0.4) is 0 Å². The van der Waals surface area contributed by atoms with Crippen molar-refractivity contribution in [1.29, 1.82) is 0 Å². The summed E-state index contributed by atoms with van der Waals surface area (Å²) in [6.07, 6.45) is 1.68. The fraction of sp³-hybridized carbons (Fsp3) is 0.200. The summed E-state index contributed by atoms with van der Waals surface area (Å²) in [4.78, 5) is 13.7. The van der Waals surface area contributed by atoms with E-state index >= 15 is 0 Å². The summed E-state index contributed by atoms with van der Waals surface area (Å²) < 4.78 is 17.7. The quantitative estimate of drug-likeness (QED) is 0.643. The summed E-state index contributed by atoms with van der Waals surface area (Å²) in [7, 11) is 0. The Labute approximate surface area is 101 Å². The van der Waals surface area contributed by atoms with Gasteiger partial charge >= 0.3 is 0 Å². The summed E-state index contributed by atoms with van der Waals surface area (Å²) >= 11 is 0. The van der Waals surface area contributed by atoms with Crippen molar-refractivity contribution in [2.45, 2.75) is 6.42 Å². The first-order valence-electron chi connectivity index (χ1n) is 5.09. The lowest BCUT2D eigenvalue weighted by atomic mass is 10.2. The van der Waals surface area contributed by atoms with E-state index in [-0.39, 0.29) is 5.69 Å². The topological polar surface area (TPSA) is 94.1 Å². The standard InChI is InChI=1S/C10H9FN4O3/c11-7-3-8(5-9(4-7)15(16)17)12-2-1-10-13-6-18-14-10/h3-6,12H,1-2H2. The van der Waals surface area contributed by atoms with E-state index in [2.05, 4.69) is 20.0 Å². The zero-order chi connectivity index (χ0) is 13.0. The first kappa shape index (κ1) is 12.0. The molecule has 0 radical (unpaired) electrons. The van der Waals surface area contributed by atoms with E-state index in [0.717, 1.165) is 6.07 Å². The van der Waals surface area contributed by atoms with Crippen LogP contribution in [0.4, 0.5) is 15.8 Å². The van der Waals surface area contributed by atoms with Gasteiger partial charge in [-0.3, -0.25) is 10.1 Å². The Morgan fingerprint density at radius 2 is 2.28 bits per heavy atom. The maximum atomic E-state index is 13.1. The Hall–Kier alpha value is -2.51. The molecule has 0 spiro atoms. The zero-order valence-corrected chi connectivity index (χ0v) is 9.17. The van der Waals surface area contributed by atoms with Gasteiger partial charge in [0, 0.05) is 24.7 Å². The smallest absolute Gasteiger partial charge is 0.274 e. The average molecular weight is 252 g/mol. The van der Waals surface area contributed by atoms with Gasteiger partial charge in [-0.25, -0.2) is 4.39 Å². The second kappa shape index (κ2) is 5.21. The highest BCUT2D eigenvalue weighted by atomic mass is 19.1. The van der Waals surface area contributed by atoms with Crippen LogP contribution >= 0.6 is 0 Å². The molecule has 1 N–H and O–H groups in total. The van der Waals surface area contributed by atoms with Gasteiger partial charge in [0.05, 0.1) is 11.0 Å². The van der Waals surface area contributed by atoms with Crippen LogP contribution in [-0.4, -0.2) is 21.6 Å². The van der Waals surface area contributed by atoms with Crippen LogP contribution in [0.5, 0.6) is 0 Å². The van der Waals surface area contributed by atoms with Crippen LogP contribution in [0.1, 0.15) is 5.82 Å². The highest BCUT2D eigenvalue weighted by Crippen LogP contribution is 2.19. The third kappa shape index (κ3) is 3.00. The molecule has 0 saturated heterocycles. The van der Waals surface area contributed by atoms with Crippen molar-refractivity contribution in [2.75, 3.05) is 11.9 Å². The molecule has 0 atom stereocenters. The minimum absolute atomic E-state index is 0.294. The number of nitrogens with zero attached hydrogens (tertiary/aromatic N) is 3. The molecule has 7 nitrogen and oxygen atoms in total. The molecule has 1 aromatic carbocycles. The lowest BCUT2D eigenvalue weighted by molar-refractivity contribution is -0.385. The normalized spacial score (nSPS) is 10.3. The van der Waals surface area contributed by atoms with E-state index in [0.29, 0.717) is 24.5 Å². The molecule has 94 valence electrons. The van der Waals surface area contributed by atoms with E-state index in [1.807, 2.05) is 0 Å². The maximum absolute atomic E-state index is 13.1. The molecule has 0 aliphatic rings. The molecule has 0 saturated carbocycles. The highest BCUT2D eigenvalue weighted by molar-refractivity contribution is 5.51. The zero-order valence-electron chi connectivity index (χ0n) is 9.17. The third-order valence-corrected chi connectivity index (χ3v) is 2.18. The van der Waals surface area contributed by atoms with Gasteiger partial charge in [0.15, 0.2) is 5.82 Å². The van der Waals surface area contributed by atoms with Gasteiger partial charge in [-0.1, -0.05) is 5.16 Å². The first-order chi connectivity index (χ1) is 8.65. The molecular weight excluding hydrogens is 243 g/mol. The number of rotatable bonds is 5. The van der Waals surface area contributed by atoms with Crippen LogP contribution in [0.15, 0.2) is 29.1 Å². The predicted octanol–water partition coefficient (Wildman–Crippen LogP) is 1.77. The van der Waals surface area contributed by atoms with Gasteiger partial charge in [-0.05, 0) is 6.07 Å². The van der Waals surface area contributed by atoms with Crippen molar-refractivity contribution in [3.05, 3.63) is 46.3 Å². The van der Waals surface area contributed by atoms with Gasteiger partial charge < -0.3 is 9.84 Å². The van der Waals surface area contributed by atoms with Gasteiger partial charge in [-0.2, -0.15) is 4.98 Å². The SMILES string of the molecule is O=[N+]([O-])c1cc(F)cc(NCCc2ncon2)c1. The Bertz CT molecular complexity index is 544. The molecular formula is C10H9FN4O3. The molecule has 0 unspecified atom stereocenters. The van der Waals surface area contributed by atoms with Crippen LogP contribution in [0.2, 0.25) is 0 Å². The maximum Gasteiger partial charge on any atom is 0.274 e. The molecule has 18 heavy (non-hydrogen) atoms. The molecule has 8 heteroatoms. The fourth-order valence-corrected chi connectivity index (χ4v) is 1.40. The molecule has 0 amide bonds. The number of benzene rings is 1. The van der Waals surface area contributed by atoms with Crippen molar-refractivity contribution >= 4 is 11.4 Å². The Kier molecular flexibility index (Phi) is 3.46. The Balaban J connectivity index is 1.98. The number of hydrogen-bond donors (Lipinski definition) is 1. The monoisotopic (exact) mass is 252 g/mol. The van der Waals surface area contributed by atoms with E-state index in [1.165, 1.54) is 18.5 Å². The minimum atomic E-state index is -0.661. The molecule has 0 aliphatic heterocycles. The summed E-state index contributed by atoms with van der Waals surface area (Å²) in [5, 5.41) is 17.0. The van der Waals surface area contributed by atoms with Gasteiger partial charge in [0.25, 0.3) is 5.69 Å². The molecule has 2 rings (SSSR count). The second-order valence-corrected chi connectivity index (χ2v) is 3.48. The van der Waals surface area contributed by atoms with Gasteiger partial charge in [0.2, 0.25) is 6.39 Å². The summed E-state index contributed by atoms with van der Waals surface area (Å²) in [6, 6.07) is 3.31. The van der Waals surface area contributed by atoms with Crippen molar-refractivity contribution < 1.29 is 13.8 Å². The first-order valence-corrected chi connectivity index (χ1v) is 5.09. The third-order valence-electron chi connectivity index (χ3n) is 2.18. The van der Waals surface area contributed by atoms with E-state index in [4.69, 9.17) is 0 Å². The predicted molar refractivity (Wildman–Crippen MR) is 59.5 cm³/mol. The van der Waals surface area contributed by atoms with Gasteiger partial charge in [-0.15, -0.1) is 0 Å².